The first-order chi connectivity index (χ1) is 10.8. The molecule has 5 heteroatoms. The highest BCUT2D eigenvalue weighted by Crippen LogP contribution is 2.40. The fourth-order valence-corrected chi connectivity index (χ4v) is 2.75. The molecule has 2 unspecified atom stereocenters. The molecule has 4 nitrogen and oxygen atoms in total. The average Bonchev–Trinajstić information content (AvgIpc) is 3.08. The second-order valence-corrected chi connectivity index (χ2v) is 6.33. The molecular formula is C17H20BrN3O. The fourth-order valence-electron chi connectivity index (χ4n) is 2.49. The maximum absolute atomic E-state index is 5.32. The van der Waals surface area contributed by atoms with Gasteiger partial charge in [-0.3, -0.25) is 0 Å². The number of hydrogen-bond donors (Lipinski definition) is 2. The number of aliphatic imine (C=N–C) groups is 1. The van der Waals surface area contributed by atoms with Gasteiger partial charge >= 0.3 is 0 Å². The molecule has 1 heterocycles. The molecule has 0 radical (unpaired) electrons. The summed E-state index contributed by atoms with van der Waals surface area (Å²) in [5.74, 6) is 2.29. The van der Waals surface area contributed by atoms with Crippen molar-refractivity contribution >= 4 is 21.9 Å². The zero-order valence-electron chi connectivity index (χ0n) is 12.6. The minimum Gasteiger partial charge on any atom is -0.467 e. The van der Waals surface area contributed by atoms with E-state index in [0.29, 0.717) is 18.5 Å². The lowest BCUT2D eigenvalue weighted by Gasteiger charge is -2.11. The Balaban J connectivity index is 1.58. The zero-order valence-corrected chi connectivity index (χ0v) is 14.1. The van der Waals surface area contributed by atoms with Gasteiger partial charge in [-0.15, -0.1) is 0 Å². The van der Waals surface area contributed by atoms with Crippen molar-refractivity contribution in [3.8, 4) is 0 Å². The van der Waals surface area contributed by atoms with Gasteiger partial charge in [0.05, 0.1) is 6.26 Å². The summed E-state index contributed by atoms with van der Waals surface area (Å²) in [4.78, 5) is 4.57. The standard InChI is InChI=1S/C17H20BrN3O/c1-2-19-17(20-11-14-4-3-9-22-14)21-16-10-15(16)12-5-7-13(18)8-6-12/h3-9,15-16H,2,10-11H2,1H3,(H2,19,20,21). The minimum absolute atomic E-state index is 0.454. The number of benzene rings is 1. The second kappa shape index (κ2) is 7.01. The molecule has 0 saturated heterocycles. The number of halogens is 1. The largest absolute Gasteiger partial charge is 0.467 e. The Morgan fingerprint density at radius 2 is 2.14 bits per heavy atom. The summed E-state index contributed by atoms with van der Waals surface area (Å²) >= 11 is 3.48. The number of furan rings is 1. The quantitative estimate of drug-likeness (QED) is 0.631. The van der Waals surface area contributed by atoms with Gasteiger partial charge in [0.25, 0.3) is 0 Å². The van der Waals surface area contributed by atoms with Gasteiger partial charge in [-0.1, -0.05) is 28.1 Å². The van der Waals surface area contributed by atoms with E-state index < -0.39 is 0 Å². The van der Waals surface area contributed by atoms with Gasteiger partial charge in [-0.05, 0) is 43.2 Å². The molecule has 1 aromatic carbocycles. The first kappa shape index (κ1) is 15.2. The van der Waals surface area contributed by atoms with Crippen LogP contribution in [0.2, 0.25) is 0 Å². The molecule has 1 aliphatic carbocycles. The molecule has 1 fully saturated rings. The third-order valence-electron chi connectivity index (χ3n) is 3.73. The maximum atomic E-state index is 5.32. The van der Waals surface area contributed by atoms with E-state index >= 15 is 0 Å². The minimum atomic E-state index is 0.454. The van der Waals surface area contributed by atoms with Gasteiger partial charge in [0, 0.05) is 23.0 Å². The third kappa shape index (κ3) is 3.91. The lowest BCUT2D eigenvalue weighted by molar-refractivity contribution is 0.512. The highest BCUT2D eigenvalue weighted by atomic mass is 79.9. The molecule has 0 bridgehead atoms. The van der Waals surface area contributed by atoms with Crippen LogP contribution >= 0.6 is 15.9 Å². The number of hydrogen-bond acceptors (Lipinski definition) is 2. The van der Waals surface area contributed by atoms with E-state index in [9.17, 15) is 0 Å². The molecule has 3 rings (SSSR count). The molecule has 1 aromatic heterocycles. The van der Waals surface area contributed by atoms with Crippen molar-refractivity contribution in [1.29, 1.82) is 0 Å². The number of guanidine groups is 1. The molecule has 1 aliphatic rings. The van der Waals surface area contributed by atoms with Crippen LogP contribution in [0.1, 0.15) is 30.6 Å². The smallest absolute Gasteiger partial charge is 0.191 e. The molecule has 116 valence electrons. The molecule has 0 spiro atoms. The summed E-state index contributed by atoms with van der Waals surface area (Å²) < 4.78 is 6.44. The van der Waals surface area contributed by atoms with Gasteiger partial charge in [-0.2, -0.15) is 0 Å². The Morgan fingerprint density at radius 3 is 2.82 bits per heavy atom. The molecule has 2 N–H and O–H groups in total. The van der Waals surface area contributed by atoms with Crippen molar-refractivity contribution in [3.63, 3.8) is 0 Å². The van der Waals surface area contributed by atoms with Crippen molar-refractivity contribution in [3.05, 3.63) is 58.5 Å². The van der Waals surface area contributed by atoms with Crippen LogP contribution in [0.25, 0.3) is 0 Å². The molecule has 0 aliphatic heterocycles. The number of nitrogens with zero attached hydrogens (tertiary/aromatic N) is 1. The topological polar surface area (TPSA) is 49.6 Å². The van der Waals surface area contributed by atoms with Crippen LogP contribution < -0.4 is 10.6 Å². The third-order valence-corrected chi connectivity index (χ3v) is 4.26. The van der Waals surface area contributed by atoms with Crippen molar-refractivity contribution in [1.82, 2.24) is 10.6 Å². The van der Waals surface area contributed by atoms with Crippen LogP contribution in [0, 0.1) is 0 Å². The summed E-state index contributed by atoms with van der Waals surface area (Å²) in [5, 5.41) is 6.79. The zero-order chi connectivity index (χ0) is 15.4. The highest BCUT2D eigenvalue weighted by Gasteiger charge is 2.38. The van der Waals surface area contributed by atoms with Crippen molar-refractivity contribution in [2.75, 3.05) is 6.54 Å². The maximum Gasteiger partial charge on any atom is 0.191 e. The predicted molar refractivity (Wildman–Crippen MR) is 91.9 cm³/mol. The predicted octanol–water partition coefficient (Wildman–Crippen LogP) is 3.65. The van der Waals surface area contributed by atoms with E-state index in [1.165, 1.54) is 5.56 Å². The van der Waals surface area contributed by atoms with Crippen LogP contribution in [0.4, 0.5) is 0 Å². The Labute approximate surface area is 139 Å². The Hall–Kier alpha value is -1.75. The lowest BCUT2D eigenvalue weighted by Crippen LogP contribution is -2.39. The van der Waals surface area contributed by atoms with Crippen molar-refractivity contribution < 1.29 is 4.42 Å². The molecule has 0 amide bonds. The van der Waals surface area contributed by atoms with Crippen LogP contribution in [0.3, 0.4) is 0 Å². The van der Waals surface area contributed by atoms with E-state index in [1.807, 2.05) is 12.1 Å². The second-order valence-electron chi connectivity index (χ2n) is 5.42. The summed E-state index contributed by atoms with van der Waals surface area (Å²) in [6.07, 6.45) is 2.82. The van der Waals surface area contributed by atoms with Crippen LogP contribution in [0.5, 0.6) is 0 Å². The monoisotopic (exact) mass is 361 g/mol. The lowest BCUT2D eigenvalue weighted by atomic mass is 10.1. The number of nitrogens with one attached hydrogen (secondary N) is 2. The average molecular weight is 362 g/mol. The highest BCUT2D eigenvalue weighted by molar-refractivity contribution is 9.10. The molecule has 2 atom stereocenters. The SMILES string of the molecule is CCNC(=NCc1ccco1)NC1CC1c1ccc(Br)cc1. The van der Waals surface area contributed by atoms with Crippen LogP contribution in [-0.4, -0.2) is 18.5 Å². The van der Waals surface area contributed by atoms with Crippen molar-refractivity contribution in [2.24, 2.45) is 4.99 Å². The van der Waals surface area contributed by atoms with E-state index in [-0.39, 0.29) is 0 Å². The summed E-state index contributed by atoms with van der Waals surface area (Å²) in [6.45, 7) is 3.47. The summed E-state index contributed by atoms with van der Waals surface area (Å²) in [7, 11) is 0. The summed E-state index contributed by atoms with van der Waals surface area (Å²) in [6, 6.07) is 12.8. The molecule has 22 heavy (non-hydrogen) atoms. The molecule has 1 saturated carbocycles. The van der Waals surface area contributed by atoms with E-state index in [4.69, 9.17) is 4.42 Å². The molecular weight excluding hydrogens is 342 g/mol. The van der Waals surface area contributed by atoms with Crippen molar-refractivity contribution in [2.45, 2.75) is 31.8 Å². The summed E-state index contributed by atoms with van der Waals surface area (Å²) in [5.41, 5.74) is 1.38. The Bertz CT molecular complexity index is 622. The van der Waals surface area contributed by atoms with Gasteiger partial charge in [0.15, 0.2) is 5.96 Å². The van der Waals surface area contributed by atoms with Crippen LogP contribution in [0.15, 0.2) is 56.5 Å². The fraction of sp³-hybridized carbons (Fsp3) is 0.353. The van der Waals surface area contributed by atoms with E-state index in [2.05, 4.69) is 62.7 Å². The van der Waals surface area contributed by atoms with Gasteiger partial charge in [-0.25, -0.2) is 4.99 Å². The van der Waals surface area contributed by atoms with Gasteiger partial charge in [0.1, 0.15) is 12.3 Å². The van der Waals surface area contributed by atoms with E-state index in [0.717, 1.165) is 29.2 Å². The van der Waals surface area contributed by atoms with E-state index in [1.54, 1.807) is 6.26 Å². The number of rotatable bonds is 5. The van der Waals surface area contributed by atoms with Gasteiger partial charge < -0.3 is 15.1 Å². The van der Waals surface area contributed by atoms with Gasteiger partial charge in [0.2, 0.25) is 0 Å². The first-order valence-corrected chi connectivity index (χ1v) is 8.38. The first-order valence-electron chi connectivity index (χ1n) is 7.59. The Kier molecular flexibility index (Phi) is 4.83. The van der Waals surface area contributed by atoms with Crippen LogP contribution in [-0.2, 0) is 6.54 Å². The molecule has 2 aromatic rings. The Morgan fingerprint density at radius 1 is 1.32 bits per heavy atom. The normalized spacial score (nSPS) is 20.7.